The minimum absolute atomic E-state index is 0.394. The second-order valence-electron chi connectivity index (χ2n) is 4.57. The summed E-state index contributed by atoms with van der Waals surface area (Å²) >= 11 is 0. The molecule has 0 aromatic heterocycles. The molecular formula is C13H28OS. The average Bonchev–Trinajstić information content (AvgIpc) is 2.21. The van der Waals surface area contributed by atoms with E-state index in [-0.39, 0.29) is 0 Å². The lowest BCUT2D eigenvalue weighted by atomic mass is 10.1. The summed E-state index contributed by atoms with van der Waals surface area (Å²) in [5, 5.41) is 0.394. The topological polar surface area (TPSA) is 17.1 Å². The summed E-state index contributed by atoms with van der Waals surface area (Å²) in [5.41, 5.74) is 0. The van der Waals surface area contributed by atoms with Gasteiger partial charge in [-0.3, -0.25) is 4.21 Å². The van der Waals surface area contributed by atoms with Gasteiger partial charge in [-0.05, 0) is 6.42 Å². The van der Waals surface area contributed by atoms with E-state index in [2.05, 4.69) is 13.8 Å². The fraction of sp³-hybridized carbons (Fsp3) is 1.00. The third-order valence-corrected chi connectivity index (χ3v) is 4.40. The van der Waals surface area contributed by atoms with E-state index in [1.54, 1.807) is 0 Å². The Hall–Kier alpha value is 0.150. The molecule has 0 radical (unpaired) electrons. The van der Waals surface area contributed by atoms with Gasteiger partial charge in [0.2, 0.25) is 0 Å². The monoisotopic (exact) mass is 232 g/mol. The van der Waals surface area contributed by atoms with Crippen molar-refractivity contribution in [2.75, 3.05) is 6.26 Å². The predicted molar refractivity (Wildman–Crippen MR) is 70.8 cm³/mol. The van der Waals surface area contributed by atoms with Crippen LogP contribution in [0.15, 0.2) is 0 Å². The first-order chi connectivity index (χ1) is 7.18. The van der Waals surface area contributed by atoms with Gasteiger partial charge >= 0.3 is 0 Å². The summed E-state index contributed by atoms with van der Waals surface area (Å²) < 4.78 is 11.1. The molecule has 15 heavy (non-hydrogen) atoms. The maximum absolute atomic E-state index is 11.1. The van der Waals surface area contributed by atoms with E-state index in [1.165, 1.54) is 51.4 Å². The van der Waals surface area contributed by atoms with Gasteiger partial charge in [0.05, 0.1) is 0 Å². The zero-order valence-electron chi connectivity index (χ0n) is 10.8. The molecule has 0 saturated heterocycles. The summed E-state index contributed by atoms with van der Waals surface area (Å²) in [6.45, 7) is 4.35. The molecule has 0 aliphatic carbocycles. The first-order valence-corrected chi connectivity index (χ1v) is 8.12. The lowest BCUT2D eigenvalue weighted by Crippen LogP contribution is -2.08. The van der Waals surface area contributed by atoms with Crippen LogP contribution in [-0.2, 0) is 10.8 Å². The number of unbranched alkanes of at least 4 members (excludes halogenated alkanes) is 7. The Balaban J connectivity index is 3.08. The van der Waals surface area contributed by atoms with Crippen LogP contribution in [0.3, 0.4) is 0 Å². The second kappa shape index (κ2) is 10.7. The maximum Gasteiger partial charge on any atom is 0.0317 e. The van der Waals surface area contributed by atoms with Gasteiger partial charge in [0.1, 0.15) is 0 Å². The molecule has 2 atom stereocenters. The molecule has 0 saturated carbocycles. The lowest BCUT2D eigenvalue weighted by Gasteiger charge is -2.07. The van der Waals surface area contributed by atoms with Crippen molar-refractivity contribution < 1.29 is 4.21 Å². The summed E-state index contributed by atoms with van der Waals surface area (Å²) in [5.74, 6) is 0. The highest BCUT2D eigenvalue weighted by atomic mass is 32.2. The summed E-state index contributed by atoms with van der Waals surface area (Å²) in [4.78, 5) is 0. The molecule has 92 valence electrons. The van der Waals surface area contributed by atoms with Gasteiger partial charge in [0, 0.05) is 22.3 Å². The number of hydrogen-bond donors (Lipinski definition) is 0. The molecule has 0 N–H and O–H groups in total. The van der Waals surface area contributed by atoms with Crippen molar-refractivity contribution in [2.24, 2.45) is 0 Å². The minimum atomic E-state index is -0.622. The van der Waals surface area contributed by atoms with Crippen LogP contribution in [0, 0.1) is 0 Å². The molecule has 0 rings (SSSR count). The molecule has 0 heterocycles. The molecule has 0 aliphatic rings. The van der Waals surface area contributed by atoms with E-state index in [0.717, 1.165) is 6.42 Å². The van der Waals surface area contributed by atoms with Crippen molar-refractivity contribution in [1.82, 2.24) is 0 Å². The predicted octanol–water partition coefficient (Wildman–Crippen LogP) is 4.28. The van der Waals surface area contributed by atoms with Crippen LogP contribution >= 0.6 is 0 Å². The Labute approximate surface area is 98.5 Å². The van der Waals surface area contributed by atoms with Crippen LogP contribution in [0.2, 0.25) is 0 Å². The molecule has 0 fully saturated rings. The molecule has 1 nitrogen and oxygen atoms in total. The zero-order valence-corrected chi connectivity index (χ0v) is 11.6. The molecule has 2 unspecified atom stereocenters. The van der Waals surface area contributed by atoms with Gasteiger partial charge in [0.25, 0.3) is 0 Å². The standard InChI is InChI=1S/C13H28OS/c1-4-5-6-7-8-9-10-11-12-13(2)15(3)14/h13H,4-12H2,1-3H3. The van der Waals surface area contributed by atoms with Gasteiger partial charge < -0.3 is 0 Å². The smallest absolute Gasteiger partial charge is 0.0317 e. The highest BCUT2D eigenvalue weighted by Crippen LogP contribution is 2.11. The summed E-state index contributed by atoms with van der Waals surface area (Å²) in [6, 6.07) is 0. The summed E-state index contributed by atoms with van der Waals surface area (Å²) in [7, 11) is -0.622. The van der Waals surface area contributed by atoms with Gasteiger partial charge in [-0.15, -0.1) is 0 Å². The number of hydrogen-bond acceptors (Lipinski definition) is 1. The first kappa shape index (κ1) is 15.2. The zero-order chi connectivity index (χ0) is 11.5. The Kier molecular flexibility index (Phi) is 10.8. The Morgan fingerprint density at radius 3 is 1.87 bits per heavy atom. The molecule has 0 aromatic rings. The van der Waals surface area contributed by atoms with E-state index in [0.29, 0.717) is 5.25 Å². The molecule has 0 aromatic carbocycles. The van der Waals surface area contributed by atoms with Gasteiger partial charge in [-0.25, -0.2) is 0 Å². The highest BCUT2D eigenvalue weighted by molar-refractivity contribution is 7.84. The van der Waals surface area contributed by atoms with Crippen molar-refractivity contribution in [3.05, 3.63) is 0 Å². The van der Waals surface area contributed by atoms with Crippen LogP contribution in [0.1, 0.15) is 71.6 Å². The van der Waals surface area contributed by atoms with Crippen LogP contribution in [-0.4, -0.2) is 15.7 Å². The minimum Gasteiger partial charge on any atom is -0.260 e. The third-order valence-electron chi connectivity index (χ3n) is 3.03. The molecule has 0 bridgehead atoms. The maximum atomic E-state index is 11.1. The van der Waals surface area contributed by atoms with E-state index < -0.39 is 10.8 Å². The number of rotatable bonds is 10. The first-order valence-electron chi connectivity index (χ1n) is 6.50. The van der Waals surface area contributed by atoms with Crippen molar-refractivity contribution in [3.63, 3.8) is 0 Å². The van der Waals surface area contributed by atoms with Gasteiger partial charge in [-0.1, -0.05) is 65.2 Å². The Bertz CT molecular complexity index is 157. The average molecular weight is 232 g/mol. The quantitative estimate of drug-likeness (QED) is 0.514. The van der Waals surface area contributed by atoms with Gasteiger partial charge in [-0.2, -0.15) is 0 Å². The van der Waals surface area contributed by atoms with Crippen molar-refractivity contribution in [2.45, 2.75) is 76.9 Å². The van der Waals surface area contributed by atoms with Crippen molar-refractivity contribution in [1.29, 1.82) is 0 Å². The SMILES string of the molecule is CCCCCCCCCCC(C)S(C)=O. The summed E-state index contributed by atoms with van der Waals surface area (Å²) in [6.07, 6.45) is 13.8. The molecule has 0 aliphatic heterocycles. The van der Waals surface area contributed by atoms with E-state index in [1.807, 2.05) is 6.26 Å². The Morgan fingerprint density at radius 2 is 1.40 bits per heavy atom. The van der Waals surface area contributed by atoms with Crippen LogP contribution in [0.4, 0.5) is 0 Å². The normalized spacial score (nSPS) is 15.1. The highest BCUT2D eigenvalue weighted by Gasteiger charge is 2.04. The van der Waals surface area contributed by atoms with Crippen molar-refractivity contribution in [3.8, 4) is 0 Å². The van der Waals surface area contributed by atoms with E-state index in [9.17, 15) is 4.21 Å². The third kappa shape index (κ3) is 10.4. The lowest BCUT2D eigenvalue weighted by molar-refractivity contribution is 0.561. The van der Waals surface area contributed by atoms with E-state index >= 15 is 0 Å². The second-order valence-corrected chi connectivity index (χ2v) is 6.37. The largest absolute Gasteiger partial charge is 0.260 e. The Morgan fingerprint density at radius 1 is 0.933 bits per heavy atom. The van der Waals surface area contributed by atoms with Crippen LogP contribution in [0.5, 0.6) is 0 Å². The van der Waals surface area contributed by atoms with E-state index in [4.69, 9.17) is 0 Å². The van der Waals surface area contributed by atoms with Crippen LogP contribution in [0.25, 0.3) is 0 Å². The van der Waals surface area contributed by atoms with Gasteiger partial charge in [0.15, 0.2) is 0 Å². The van der Waals surface area contributed by atoms with Crippen molar-refractivity contribution >= 4 is 10.8 Å². The fourth-order valence-corrected chi connectivity index (χ4v) is 2.23. The van der Waals surface area contributed by atoms with Crippen LogP contribution < -0.4 is 0 Å². The molecular weight excluding hydrogens is 204 g/mol. The molecule has 2 heteroatoms. The fourth-order valence-electron chi connectivity index (χ4n) is 1.73. The molecule has 0 amide bonds. The molecule has 0 spiro atoms.